The van der Waals surface area contributed by atoms with Gasteiger partial charge in [0.15, 0.2) is 0 Å². The predicted octanol–water partition coefficient (Wildman–Crippen LogP) is 2.23. The number of hydrogen-bond donors (Lipinski definition) is 2. The molecule has 0 atom stereocenters. The molecule has 0 heterocycles. The topological polar surface area (TPSA) is 80.4 Å². The fourth-order valence-electron chi connectivity index (χ4n) is 0.870. The lowest BCUT2D eigenvalue weighted by molar-refractivity contribution is -0.387. The fourth-order valence-corrected chi connectivity index (χ4v) is 1.69. The largest absolute Gasteiger partial charge is 0.478 e. The van der Waals surface area contributed by atoms with Gasteiger partial charge in [0, 0.05) is 6.07 Å². The van der Waals surface area contributed by atoms with Crippen molar-refractivity contribution in [2.75, 3.05) is 0 Å². The number of thiol groups is 1. The minimum absolute atomic E-state index is 0.108. The van der Waals surface area contributed by atoms with Gasteiger partial charge in [0.2, 0.25) is 0 Å². The van der Waals surface area contributed by atoms with Crippen molar-refractivity contribution >= 4 is 34.1 Å². The molecule has 14 heavy (non-hydrogen) atoms. The number of carboxylic acid groups (broad SMARTS) is 1. The van der Waals surface area contributed by atoms with E-state index in [-0.39, 0.29) is 11.3 Å². The van der Waals surface area contributed by atoms with Gasteiger partial charge in [0.05, 0.1) is 15.4 Å². The van der Waals surface area contributed by atoms with Crippen molar-refractivity contribution < 1.29 is 14.8 Å². The van der Waals surface area contributed by atoms with Gasteiger partial charge in [-0.3, -0.25) is 10.1 Å². The third-order valence-electron chi connectivity index (χ3n) is 1.50. The molecule has 0 fully saturated rings. The minimum Gasteiger partial charge on any atom is -0.478 e. The van der Waals surface area contributed by atoms with E-state index < -0.39 is 10.9 Å². The van der Waals surface area contributed by atoms with Crippen molar-refractivity contribution in [1.82, 2.24) is 0 Å². The first-order valence-electron chi connectivity index (χ1n) is 3.39. The van der Waals surface area contributed by atoms with E-state index in [1.54, 1.807) is 0 Å². The Morgan fingerprint density at radius 3 is 2.64 bits per heavy atom. The maximum absolute atomic E-state index is 10.5. The lowest BCUT2D eigenvalue weighted by atomic mass is 10.2. The first-order valence-corrected chi connectivity index (χ1v) is 5.26. The van der Waals surface area contributed by atoms with Crippen molar-refractivity contribution in [3.05, 3.63) is 33.9 Å². The summed E-state index contributed by atoms with van der Waals surface area (Å²) in [6.45, 7) is 0. The third-order valence-corrected chi connectivity index (χ3v) is 2.63. The maximum Gasteiger partial charge on any atom is 0.335 e. The van der Waals surface area contributed by atoms with Crippen molar-refractivity contribution in [3.63, 3.8) is 0 Å². The van der Waals surface area contributed by atoms with Crippen LogP contribution in [-0.4, -0.2) is 16.0 Å². The van der Waals surface area contributed by atoms with Crippen molar-refractivity contribution in [1.29, 1.82) is 0 Å². The summed E-state index contributed by atoms with van der Waals surface area (Å²) < 4.78 is 0. The highest BCUT2D eigenvalue weighted by atomic mass is 33.1. The van der Waals surface area contributed by atoms with Crippen LogP contribution in [0, 0.1) is 10.1 Å². The van der Waals surface area contributed by atoms with Gasteiger partial charge in [0.1, 0.15) is 0 Å². The molecule has 0 spiro atoms. The molecular weight excluding hydrogens is 226 g/mol. The van der Waals surface area contributed by atoms with Gasteiger partial charge < -0.3 is 5.11 Å². The average molecular weight is 231 g/mol. The van der Waals surface area contributed by atoms with Gasteiger partial charge in [-0.25, -0.2) is 4.79 Å². The molecule has 0 aromatic heterocycles. The molecule has 0 radical (unpaired) electrons. The Bertz CT molecular complexity index is 393. The number of benzene rings is 1. The predicted molar refractivity (Wildman–Crippen MR) is 54.9 cm³/mol. The summed E-state index contributed by atoms with van der Waals surface area (Å²) in [5.74, 6) is -1.19. The highest BCUT2D eigenvalue weighted by molar-refractivity contribution is 8.68. The zero-order valence-electron chi connectivity index (χ0n) is 6.71. The van der Waals surface area contributed by atoms with E-state index in [1.807, 2.05) is 0 Å². The summed E-state index contributed by atoms with van der Waals surface area (Å²) in [6, 6.07) is 3.67. The van der Waals surface area contributed by atoms with E-state index in [0.29, 0.717) is 4.90 Å². The standard InChI is InChI=1S/C7H5NO4S2/c9-7(10)4-1-2-6(14-13)5(3-4)8(11)12/h1-3,13H,(H,9,10). The van der Waals surface area contributed by atoms with Gasteiger partial charge >= 0.3 is 5.97 Å². The third kappa shape index (κ3) is 2.18. The number of rotatable bonds is 3. The average Bonchev–Trinajstić information content (AvgIpc) is 2.16. The molecule has 0 bridgehead atoms. The van der Waals surface area contributed by atoms with Crippen LogP contribution in [0.1, 0.15) is 10.4 Å². The van der Waals surface area contributed by atoms with Crippen molar-refractivity contribution in [2.24, 2.45) is 0 Å². The quantitative estimate of drug-likeness (QED) is 0.361. The molecule has 0 saturated heterocycles. The Kier molecular flexibility index (Phi) is 3.37. The molecule has 1 N–H and O–H groups in total. The van der Waals surface area contributed by atoms with E-state index in [9.17, 15) is 14.9 Å². The van der Waals surface area contributed by atoms with Crippen LogP contribution in [-0.2, 0) is 0 Å². The summed E-state index contributed by atoms with van der Waals surface area (Å²) in [7, 11) is 0.904. The molecule has 0 aliphatic rings. The Morgan fingerprint density at radius 1 is 1.57 bits per heavy atom. The zero-order chi connectivity index (χ0) is 10.7. The molecule has 5 nitrogen and oxygen atoms in total. The Hall–Kier alpha value is -1.21. The molecule has 0 saturated carbocycles. The molecule has 1 aromatic carbocycles. The zero-order valence-corrected chi connectivity index (χ0v) is 8.42. The molecule has 0 amide bonds. The van der Waals surface area contributed by atoms with Crippen LogP contribution in [0.4, 0.5) is 5.69 Å². The number of aromatic carboxylic acids is 1. The summed E-state index contributed by atoms with van der Waals surface area (Å²) in [5.41, 5.74) is -0.354. The first kappa shape index (κ1) is 10.9. The van der Waals surface area contributed by atoms with Crippen LogP contribution < -0.4 is 0 Å². The highest BCUT2D eigenvalue weighted by Crippen LogP contribution is 2.31. The van der Waals surface area contributed by atoms with Crippen LogP contribution in [0.2, 0.25) is 0 Å². The van der Waals surface area contributed by atoms with Crippen LogP contribution in [0.25, 0.3) is 0 Å². The molecule has 1 rings (SSSR count). The van der Waals surface area contributed by atoms with E-state index in [1.165, 1.54) is 12.1 Å². The molecule has 7 heteroatoms. The number of nitro groups is 1. The summed E-state index contributed by atoms with van der Waals surface area (Å²) in [4.78, 5) is 20.7. The normalized spacial score (nSPS) is 9.79. The van der Waals surface area contributed by atoms with Gasteiger partial charge in [0.25, 0.3) is 5.69 Å². The minimum atomic E-state index is -1.19. The van der Waals surface area contributed by atoms with Crippen LogP contribution in [0.15, 0.2) is 23.1 Å². The van der Waals surface area contributed by atoms with Gasteiger partial charge in [-0.2, -0.15) is 0 Å². The van der Waals surface area contributed by atoms with Crippen molar-refractivity contribution in [3.8, 4) is 0 Å². The van der Waals surface area contributed by atoms with Crippen LogP contribution in [0.3, 0.4) is 0 Å². The molecule has 0 aliphatic carbocycles. The second-order valence-electron chi connectivity index (χ2n) is 2.34. The fraction of sp³-hybridized carbons (Fsp3) is 0. The smallest absolute Gasteiger partial charge is 0.335 e. The summed E-state index contributed by atoms with van der Waals surface area (Å²) >= 11 is 3.83. The lowest BCUT2D eigenvalue weighted by Gasteiger charge is -1.99. The van der Waals surface area contributed by atoms with E-state index in [2.05, 4.69) is 11.7 Å². The van der Waals surface area contributed by atoms with Crippen LogP contribution >= 0.6 is 22.5 Å². The Morgan fingerprint density at radius 2 is 2.21 bits per heavy atom. The molecular formula is C7H5NO4S2. The summed E-state index contributed by atoms with van der Waals surface area (Å²) in [5, 5.41) is 19.1. The second-order valence-corrected chi connectivity index (χ2v) is 3.51. The number of hydrogen-bond acceptors (Lipinski definition) is 5. The lowest BCUT2D eigenvalue weighted by Crippen LogP contribution is -1.98. The Labute approximate surface area is 88.1 Å². The molecule has 74 valence electrons. The van der Waals surface area contributed by atoms with Gasteiger partial charge in [-0.15, -0.1) is 11.7 Å². The second kappa shape index (κ2) is 4.34. The van der Waals surface area contributed by atoms with Crippen molar-refractivity contribution in [2.45, 2.75) is 4.90 Å². The SMILES string of the molecule is O=C(O)c1ccc(SS)c([N+](=O)[O-])c1. The molecule has 0 aliphatic heterocycles. The molecule has 1 aromatic rings. The first-order chi connectivity index (χ1) is 6.56. The van der Waals surface area contributed by atoms with E-state index in [0.717, 1.165) is 16.9 Å². The Balaban J connectivity index is 3.27. The van der Waals surface area contributed by atoms with E-state index >= 15 is 0 Å². The summed E-state index contributed by atoms with van der Waals surface area (Å²) in [6.07, 6.45) is 0. The maximum atomic E-state index is 10.5. The monoisotopic (exact) mass is 231 g/mol. The van der Waals surface area contributed by atoms with Gasteiger partial charge in [-0.1, -0.05) is 10.8 Å². The van der Waals surface area contributed by atoms with E-state index in [4.69, 9.17) is 5.11 Å². The number of nitrogens with zero attached hydrogens (tertiary/aromatic N) is 1. The molecule has 0 unspecified atom stereocenters. The number of nitro benzene ring substituents is 1. The van der Waals surface area contributed by atoms with Crippen LogP contribution in [0.5, 0.6) is 0 Å². The van der Waals surface area contributed by atoms with Gasteiger partial charge in [-0.05, 0) is 12.1 Å². The number of carboxylic acids is 1. The highest BCUT2D eigenvalue weighted by Gasteiger charge is 2.16. The number of carbonyl (C=O) groups is 1.